The maximum Gasteiger partial charge on any atom is 0.416 e. The lowest BCUT2D eigenvalue weighted by molar-refractivity contribution is -0.131. The van der Waals surface area contributed by atoms with E-state index in [0.29, 0.717) is 4.90 Å². The summed E-state index contributed by atoms with van der Waals surface area (Å²) < 4.78 is 28.9. The van der Waals surface area contributed by atoms with Gasteiger partial charge in [-0.1, -0.05) is 0 Å². The Balaban J connectivity index is 2.53. The van der Waals surface area contributed by atoms with Gasteiger partial charge in [0.25, 0.3) is 0 Å². The first-order valence-corrected chi connectivity index (χ1v) is 4.23. The molecular formula is C6H6BrF2NO3. The van der Waals surface area contributed by atoms with Crippen molar-refractivity contribution in [3.63, 3.8) is 0 Å². The number of cyclic esters (lactones) is 1. The molecule has 2 amide bonds. The van der Waals surface area contributed by atoms with Crippen LogP contribution in [0.25, 0.3) is 0 Å². The number of hydrogen-bond acceptors (Lipinski definition) is 3. The zero-order chi connectivity index (χ0) is 10.1. The van der Waals surface area contributed by atoms with Gasteiger partial charge in [-0.25, -0.2) is 9.69 Å². The van der Waals surface area contributed by atoms with E-state index in [4.69, 9.17) is 0 Å². The van der Waals surface area contributed by atoms with Crippen LogP contribution < -0.4 is 0 Å². The number of ether oxygens (including phenoxy) is 1. The summed E-state index contributed by atoms with van der Waals surface area (Å²) in [4.78, 5) is 19.1. The number of nitrogens with zero attached hydrogens (tertiary/aromatic N) is 1. The molecule has 1 saturated heterocycles. The van der Waals surface area contributed by atoms with E-state index in [9.17, 15) is 18.4 Å². The minimum Gasteiger partial charge on any atom is -0.447 e. The number of carbonyl (C=O) groups is 2. The Labute approximate surface area is 81.0 Å². The second-order valence-electron chi connectivity index (χ2n) is 2.45. The molecule has 1 heterocycles. The van der Waals surface area contributed by atoms with E-state index >= 15 is 0 Å². The summed E-state index contributed by atoms with van der Waals surface area (Å²) in [6, 6.07) is 0. The third-order valence-electron chi connectivity index (χ3n) is 1.41. The lowest BCUT2D eigenvalue weighted by atomic mass is 10.4. The molecule has 0 radical (unpaired) electrons. The van der Waals surface area contributed by atoms with Crippen molar-refractivity contribution >= 4 is 27.9 Å². The van der Waals surface area contributed by atoms with Crippen LogP contribution in [0.5, 0.6) is 0 Å². The molecule has 0 N–H and O–H groups in total. The molecule has 4 nitrogen and oxygen atoms in total. The Kier molecular flexibility index (Phi) is 2.84. The second-order valence-corrected chi connectivity index (χ2v) is 3.61. The van der Waals surface area contributed by atoms with Gasteiger partial charge in [-0.2, -0.15) is 8.78 Å². The predicted octanol–water partition coefficient (Wildman–Crippen LogP) is 1.34. The van der Waals surface area contributed by atoms with Crippen LogP contribution in [-0.4, -0.2) is 34.9 Å². The fourth-order valence-corrected chi connectivity index (χ4v) is 1.13. The van der Waals surface area contributed by atoms with Gasteiger partial charge in [0.05, 0.1) is 6.54 Å². The van der Waals surface area contributed by atoms with E-state index in [1.807, 2.05) is 15.9 Å². The van der Waals surface area contributed by atoms with Crippen LogP contribution in [0, 0.1) is 0 Å². The lowest BCUT2D eigenvalue weighted by Crippen LogP contribution is -2.34. The SMILES string of the molecule is O=C(CC(F)(F)Br)N1CCOC1=O. The van der Waals surface area contributed by atoms with Crippen LogP contribution >= 0.6 is 15.9 Å². The Morgan fingerprint density at radius 3 is 2.69 bits per heavy atom. The maximum atomic E-state index is 12.3. The van der Waals surface area contributed by atoms with Gasteiger partial charge in [0, 0.05) is 0 Å². The van der Waals surface area contributed by atoms with Crippen LogP contribution in [0.2, 0.25) is 0 Å². The van der Waals surface area contributed by atoms with E-state index < -0.39 is 23.3 Å². The first kappa shape index (κ1) is 10.4. The molecule has 0 saturated carbocycles. The quantitative estimate of drug-likeness (QED) is 0.702. The Bertz CT molecular complexity index is 241. The number of amides is 2. The fraction of sp³-hybridized carbons (Fsp3) is 0.667. The molecule has 0 atom stereocenters. The first-order valence-electron chi connectivity index (χ1n) is 3.44. The molecule has 13 heavy (non-hydrogen) atoms. The third-order valence-corrected chi connectivity index (χ3v) is 1.69. The van der Waals surface area contributed by atoms with Crippen molar-refractivity contribution in [3.05, 3.63) is 0 Å². The summed E-state index contributed by atoms with van der Waals surface area (Å²) in [7, 11) is 0. The first-order chi connectivity index (χ1) is 5.90. The number of alkyl halides is 3. The Morgan fingerprint density at radius 2 is 2.31 bits per heavy atom. The van der Waals surface area contributed by atoms with E-state index in [1.54, 1.807) is 0 Å². The maximum absolute atomic E-state index is 12.3. The van der Waals surface area contributed by atoms with Crippen LogP contribution in [0.1, 0.15) is 6.42 Å². The fourth-order valence-electron chi connectivity index (χ4n) is 0.887. The molecule has 0 aromatic heterocycles. The lowest BCUT2D eigenvalue weighted by Gasteiger charge is -2.12. The average molecular weight is 258 g/mol. The zero-order valence-corrected chi connectivity index (χ0v) is 8.01. The highest BCUT2D eigenvalue weighted by Gasteiger charge is 2.35. The Morgan fingerprint density at radius 1 is 1.69 bits per heavy atom. The summed E-state index contributed by atoms with van der Waals surface area (Å²) in [6.45, 7) is 0.110. The van der Waals surface area contributed by atoms with Gasteiger partial charge in [0.2, 0.25) is 5.91 Å². The number of rotatable bonds is 2. The molecule has 1 aliphatic heterocycles. The summed E-state index contributed by atoms with van der Waals surface area (Å²) >= 11 is 2.01. The van der Waals surface area contributed by atoms with Crippen LogP contribution in [0.4, 0.5) is 13.6 Å². The van der Waals surface area contributed by atoms with Crippen molar-refractivity contribution < 1.29 is 23.1 Å². The van der Waals surface area contributed by atoms with Gasteiger partial charge in [-0.15, -0.1) is 0 Å². The highest BCUT2D eigenvalue weighted by Crippen LogP contribution is 2.27. The molecule has 0 aromatic carbocycles. The number of halogens is 3. The Hall–Kier alpha value is -0.720. The smallest absolute Gasteiger partial charge is 0.416 e. The summed E-state index contributed by atoms with van der Waals surface area (Å²) in [5, 5.41) is 0. The normalized spacial score (nSPS) is 17.5. The highest BCUT2D eigenvalue weighted by molar-refractivity contribution is 9.10. The van der Waals surface area contributed by atoms with E-state index in [1.165, 1.54) is 0 Å². The van der Waals surface area contributed by atoms with Crippen molar-refractivity contribution in [1.82, 2.24) is 4.90 Å². The minimum absolute atomic E-state index is 0.0424. The standard InChI is InChI=1S/C6H6BrF2NO3/c7-6(8,9)3-4(11)10-1-2-13-5(10)12/h1-3H2. The van der Waals surface area contributed by atoms with Crippen molar-refractivity contribution in [3.8, 4) is 0 Å². The van der Waals surface area contributed by atoms with Gasteiger partial charge < -0.3 is 4.74 Å². The summed E-state index contributed by atoms with van der Waals surface area (Å²) in [5.41, 5.74) is 0. The van der Waals surface area contributed by atoms with E-state index in [2.05, 4.69) is 4.74 Å². The van der Waals surface area contributed by atoms with Crippen molar-refractivity contribution in [2.45, 2.75) is 11.3 Å². The van der Waals surface area contributed by atoms with Gasteiger partial charge in [0.1, 0.15) is 13.0 Å². The van der Waals surface area contributed by atoms with Crippen LogP contribution in [0.3, 0.4) is 0 Å². The van der Waals surface area contributed by atoms with Crippen molar-refractivity contribution in [1.29, 1.82) is 0 Å². The van der Waals surface area contributed by atoms with Crippen LogP contribution in [-0.2, 0) is 9.53 Å². The largest absolute Gasteiger partial charge is 0.447 e. The molecular weight excluding hydrogens is 252 g/mol. The predicted molar refractivity (Wildman–Crippen MR) is 41.6 cm³/mol. The summed E-state index contributed by atoms with van der Waals surface area (Å²) in [5.74, 6) is -0.940. The molecule has 1 fully saturated rings. The van der Waals surface area contributed by atoms with Gasteiger partial charge in [0.15, 0.2) is 0 Å². The average Bonchev–Trinajstić information content (AvgIpc) is 2.30. The molecule has 0 aromatic rings. The topological polar surface area (TPSA) is 46.6 Å². The monoisotopic (exact) mass is 257 g/mol. The van der Waals surface area contributed by atoms with Gasteiger partial charge in [-0.3, -0.25) is 4.79 Å². The van der Waals surface area contributed by atoms with Gasteiger partial charge >= 0.3 is 10.9 Å². The van der Waals surface area contributed by atoms with E-state index in [-0.39, 0.29) is 13.2 Å². The second kappa shape index (κ2) is 3.57. The summed E-state index contributed by atoms with van der Waals surface area (Å²) in [6.07, 6.45) is -1.90. The van der Waals surface area contributed by atoms with E-state index in [0.717, 1.165) is 0 Å². The molecule has 0 unspecified atom stereocenters. The molecule has 1 rings (SSSR count). The molecule has 0 aliphatic carbocycles. The third kappa shape index (κ3) is 2.91. The van der Waals surface area contributed by atoms with Crippen LogP contribution in [0.15, 0.2) is 0 Å². The zero-order valence-electron chi connectivity index (χ0n) is 6.43. The molecule has 7 heteroatoms. The number of imide groups is 1. The highest BCUT2D eigenvalue weighted by atomic mass is 79.9. The van der Waals surface area contributed by atoms with Gasteiger partial charge in [-0.05, 0) is 15.9 Å². The molecule has 1 aliphatic rings. The molecule has 74 valence electrons. The minimum atomic E-state index is -3.27. The molecule has 0 spiro atoms. The number of carbonyl (C=O) groups excluding carboxylic acids is 2. The molecule has 0 bridgehead atoms. The van der Waals surface area contributed by atoms with Crippen molar-refractivity contribution in [2.75, 3.05) is 13.2 Å². The number of hydrogen-bond donors (Lipinski definition) is 0. The van der Waals surface area contributed by atoms with Crippen molar-refractivity contribution in [2.24, 2.45) is 0 Å².